The van der Waals surface area contributed by atoms with E-state index >= 15 is 0 Å². The third kappa shape index (κ3) is 2.90. The molecule has 1 spiro atoms. The lowest BCUT2D eigenvalue weighted by atomic mass is 9.85. The normalized spacial score (nSPS) is 20.4. The van der Waals surface area contributed by atoms with Crippen LogP contribution in [0.15, 0.2) is 42.5 Å². The van der Waals surface area contributed by atoms with Gasteiger partial charge in [-0.05, 0) is 49.1 Å². The van der Waals surface area contributed by atoms with E-state index < -0.39 is 5.54 Å². The van der Waals surface area contributed by atoms with Gasteiger partial charge in [0.15, 0.2) is 0 Å². The summed E-state index contributed by atoms with van der Waals surface area (Å²) in [5.41, 5.74) is 0.319. The summed E-state index contributed by atoms with van der Waals surface area (Å²) < 4.78 is 0. The molecule has 5 heteroatoms. The Kier molecular flexibility index (Phi) is 4.42. The maximum atomic E-state index is 13.3. The predicted octanol–water partition coefficient (Wildman–Crippen LogP) is 3.48. The van der Waals surface area contributed by atoms with Crippen LogP contribution in [0.4, 0.5) is 4.79 Å². The van der Waals surface area contributed by atoms with Crippen LogP contribution in [0.1, 0.15) is 32.3 Å². The van der Waals surface area contributed by atoms with Gasteiger partial charge >= 0.3 is 6.03 Å². The fourth-order valence-corrected chi connectivity index (χ4v) is 4.46. The standard InChI is InChI=1S/C22H27N3O2/c1-16(2)24-12-10-22(11-13-24)20(26)25(21(27)23(22)3)15-17-8-9-18-6-4-5-7-19(18)14-17/h4-9,14,16H,10-13,15H2,1-3H3. The zero-order valence-corrected chi connectivity index (χ0v) is 16.3. The number of likely N-dealkylation sites (N-methyl/N-ethyl adjacent to an activating group) is 1. The number of piperidine rings is 1. The molecule has 2 saturated heterocycles. The third-order valence-electron chi connectivity index (χ3n) is 6.31. The molecule has 142 valence electrons. The van der Waals surface area contributed by atoms with Gasteiger partial charge < -0.3 is 9.80 Å². The lowest BCUT2D eigenvalue weighted by Gasteiger charge is -2.42. The molecule has 2 heterocycles. The first-order valence-corrected chi connectivity index (χ1v) is 9.74. The van der Waals surface area contributed by atoms with Crippen LogP contribution in [-0.2, 0) is 11.3 Å². The van der Waals surface area contributed by atoms with Gasteiger partial charge in [-0.1, -0.05) is 36.4 Å². The number of carbonyl (C=O) groups is 2. The van der Waals surface area contributed by atoms with Crippen molar-refractivity contribution in [1.29, 1.82) is 0 Å². The zero-order chi connectivity index (χ0) is 19.2. The van der Waals surface area contributed by atoms with Crippen LogP contribution < -0.4 is 0 Å². The Bertz CT molecular complexity index is 884. The second-order valence-corrected chi connectivity index (χ2v) is 8.08. The Morgan fingerprint density at radius 3 is 2.33 bits per heavy atom. The van der Waals surface area contributed by atoms with Crippen LogP contribution >= 0.6 is 0 Å². The first-order chi connectivity index (χ1) is 12.9. The second-order valence-electron chi connectivity index (χ2n) is 8.08. The predicted molar refractivity (Wildman–Crippen MR) is 106 cm³/mol. The van der Waals surface area contributed by atoms with Crippen LogP contribution in [0.5, 0.6) is 0 Å². The van der Waals surface area contributed by atoms with E-state index in [1.54, 1.807) is 11.9 Å². The van der Waals surface area contributed by atoms with Crippen LogP contribution in [0.2, 0.25) is 0 Å². The largest absolute Gasteiger partial charge is 0.327 e. The van der Waals surface area contributed by atoms with Gasteiger partial charge in [-0.25, -0.2) is 4.79 Å². The quantitative estimate of drug-likeness (QED) is 0.782. The second kappa shape index (κ2) is 6.64. The summed E-state index contributed by atoms with van der Waals surface area (Å²) in [5, 5.41) is 2.29. The Balaban J connectivity index is 1.57. The molecule has 3 amide bonds. The molecule has 0 aliphatic carbocycles. The van der Waals surface area contributed by atoms with E-state index in [2.05, 4.69) is 43.0 Å². The van der Waals surface area contributed by atoms with Crippen molar-refractivity contribution in [3.63, 3.8) is 0 Å². The molecule has 0 atom stereocenters. The van der Waals surface area contributed by atoms with Gasteiger partial charge in [-0.3, -0.25) is 9.69 Å². The Morgan fingerprint density at radius 1 is 1.00 bits per heavy atom. The Morgan fingerprint density at radius 2 is 1.67 bits per heavy atom. The first-order valence-electron chi connectivity index (χ1n) is 9.74. The van der Waals surface area contributed by atoms with Crippen LogP contribution in [-0.4, -0.2) is 58.4 Å². The van der Waals surface area contributed by atoms with Gasteiger partial charge in [-0.2, -0.15) is 0 Å². The number of imide groups is 1. The first kappa shape index (κ1) is 18.0. The minimum Gasteiger partial charge on any atom is -0.312 e. The van der Waals surface area contributed by atoms with Crippen molar-refractivity contribution in [1.82, 2.24) is 14.7 Å². The molecule has 2 aromatic rings. The number of urea groups is 1. The molecule has 27 heavy (non-hydrogen) atoms. The highest BCUT2D eigenvalue weighted by Crippen LogP contribution is 2.37. The number of carbonyl (C=O) groups excluding carboxylic acids is 2. The molecule has 0 saturated carbocycles. The van der Waals surface area contributed by atoms with E-state index in [4.69, 9.17) is 0 Å². The molecule has 0 aromatic heterocycles. The topological polar surface area (TPSA) is 43.9 Å². The van der Waals surface area contributed by atoms with Crippen molar-refractivity contribution in [2.24, 2.45) is 0 Å². The summed E-state index contributed by atoms with van der Waals surface area (Å²) in [6.45, 7) is 6.39. The molecule has 2 fully saturated rings. The SMILES string of the molecule is CC(C)N1CCC2(CC1)C(=O)N(Cc1ccc3ccccc3c1)C(=O)N2C. The summed E-state index contributed by atoms with van der Waals surface area (Å²) in [5.74, 6) is -0.0356. The molecule has 0 radical (unpaired) electrons. The zero-order valence-electron chi connectivity index (χ0n) is 16.3. The Hall–Kier alpha value is -2.40. The molecule has 2 aliphatic rings. The summed E-state index contributed by atoms with van der Waals surface area (Å²) in [4.78, 5) is 31.7. The number of hydrogen-bond acceptors (Lipinski definition) is 3. The average molecular weight is 365 g/mol. The van der Waals surface area contributed by atoms with E-state index in [1.165, 1.54) is 4.90 Å². The number of benzene rings is 2. The molecular formula is C22H27N3O2. The Labute approximate surface area is 160 Å². The molecule has 2 aromatic carbocycles. The number of nitrogens with zero attached hydrogens (tertiary/aromatic N) is 3. The van der Waals surface area contributed by atoms with E-state index in [-0.39, 0.29) is 11.9 Å². The van der Waals surface area contributed by atoms with Crippen molar-refractivity contribution in [3.05, 3.63) is 48.0 Å². The summed E-state index contributed by atoms with van der Waals surface area (Å²) >= 11 is 0. The number of likely N-dealkylation sites (tertiary alicyclic amines) is 1. The maximum Gasteiger partial charge on any atom is 0.327 e. The van der Waals surface area contributed by atoms with Crippen LogP contribution in [0, 0.1) is 0 Å². The summed E-state index contributed by atoms with van der Waals surface area (Å²) in [7, 11) is 1.78. The van der Waals surface area contributed by atoms with Crippen molar-refractivity contribution >= 4 is 22.7 Å². The summed E-state index contributed by atoms with van der Waals surface area (Å²) in [6, 6.07) is 14.6. The van der Waals surface area contributed by atoms with Gasteiger partial charge in [0.1, 0.15) is 5.54 Å². The molecular weight excluding hydrogens is 338 g/mol. The number of rotatable bonds is 3. The average Bonchev–Trinajstić information content (AvgIpc) is 2.84. The molecule has 2 aliphatic heterocycles. The molecule has 0 N–H and O–H groups in total. The van der Waals surface area contributed by atoms with Gasteiger partial charge in [0.25, 0.3) is 5.91 Å². The van der Waals surface area contributed by atoms with Crippen LogP contribution in [0.3, 0.4) is 0 Å². The lowest BCUT2D eigenvalue weighted by Crippen LogP contribution is -2.56. The highest BCUT2D eigenvalue weighted by molar-refractivity contribution is 6.07. The highest BCUT2D eigenvalue weighted by atomic mass is 16.2. The van der Waals surface area contributed by atoms with E-state index in [0.717, 1.165) is 29.4 Å². The minimum atomic E-state index is -0.667. The smallest absolute Gasteiger partial charge is 0.312 e. The van der Waals surface area contributed by atoms with Crippen molar-refractivity contribution in [2.45, 2.75) is 44.8 Å². The van der Waals surface area contributed by atoms with Gasteiger partial charge in [0, 0.05) is 26.2 Å². The highest BCUT2D eigenvalue weighted by Gasteiger charge is 2.56. The van der Waals surface area contributed by atoms with Crippen molar-refractivity contribution < 1.29 is 9.59 Å². The van der Waals surface area contributed by atoms with Gasteiger partial charge in [0.2, 0.25) is 0 Å². The van der Waals surface area contributed by atoms with Gasteiger partial charge in [0.05, 0.1) is 6.54 Å². The fraction of sp³-hybridized carbons (Fsp3) is 0.455. The monoisotopic (exact) mass is 365 g/mol. The molecule has 0 bridgehead atoms. The summed E-state index contributed by atoms with van der Waals surface area (Å²) in [6.07, 6.45) is 1.42. The lowest BCUT2D eigenvalue weighted by molar-refractivity contribution is -0.135. The van der Waals surface area contributed by atoms with E-state index in [0.29, 0.717) is 25.4 Å². The van der Waals surface area contributed by atoms with Crippen molar-refractivity contribution in [3.8, 4) is 0 Å². The number of amides is 3. The third-order valence-corrected chi connectivity index (χ3v) is 6.31. The van der Waals surface area contributed by atoms with Gasteiger partial charge in [-0.15, -0.1) is 0 Å². The minimum absolute atomic E-state index is 0.0356. The molecule has 5 nitrogen and oxygen atoms in total. The van der Waals surface area contributed by atoms with E-state index in [9.17, 15) is 9.59 Å². The molecule has 4 rings (SSSR count). The molecule has 0 unspecified atom stereocenters. The number of fused-ring (bicyclic) bond motifs is 1. The fourth-order valence-electron chi connectivity index (χ4n) is 4.46. The van der Waals surface area contributed by atoms with Crippen molar-refractivity contribution in [2.75, 3.05) is 20.1 Å². The number of hydrogen-bond donors (Lipinski definition) is 0. The van der Waals surface area contributed by atoms with Crippen LogP contribution in [0.25, 0.3) is 10.8 Å². The maximum absolute atomic E-state index is 13.3. The van der Waals surface area contributed by atoms with E-state index in [1.807, 2.05) is 18.2 Å².